The summed E-state index contributed by atoms with van der Waals surface area (Å²) in [5.41, 5.74) is 0.557. The lowest BCUT2D eigenvalue weighted by Crippen LogP contribution is -2.44. The van der Waals surface area contributed by atoms with Crippen molar-refractivity contribution in [2.75, 3.05) is 13.1 Å². The molecule has 2 aromatic rings. The number of hydrogen-bond acceptors (Lipinski definition) is 3. The highest BCUT2D eigenvalue weighted by molar-refractivity contribution is 5.96. The molecule has 1 atom stereocenters. The maximum Gasteiger partial charge on any atom is 0.251 e. The van der Waals surface area contributed by atoms with Gasteiger partial charge in [0.1, 0.15) is 5.82 Å². The van der Waals surface area contributed by atoms with Crippen molar-refractivity contribution in [2.45, 2.75) is 25.3 Å². The van der Waals surface area contributed by atoms with E-state index in [4.69, 9.17) is 0 Å². The van der Waals surface area contributed by atoms with Gasteiger partial charge in [-0.1, -0.05) is 18.2 Å². The van der Waals surface area contributed by atoms with E-state index < -0.39 is 0 Å². The third-order valence-electron chi connectivity index (χ3n) is 4.09. The number of nitrogens with one attached hydrogen (secondary N) is 2. The highest BCUT2D eigenvalue weighted by atomic mass is 16.2. The lowest BCUT2D eigenvalue weighted by atomic mass is 10.0. The molecule has 0 radical (unpaired) electrons. The van der Waals surface area contributed by atoms with Crippen molar-refractivity contribution in [3.05, 3.63) is 54.1 Å². The molecule has 1 unspecified atom stereocenters. The molecule has 1 fully saturated rings. The van der Waals surface area contributed by atoms with Crippen molar-refractivity contribution >= 4 is 11.8 Å². The Balaban J connectivity index is 1.61. The molecule has 2 amide bonds. The first-order valence-corrected chi connectivity index (χ1v) is 7.87. The molecule has 23 heavy (non-hydrogen) atoms. The van der Waals surface area contributed by atoms with Gasteiger partial charge in [0.15, 0.2) is 0 Å². The van der Waals surface area contributed by atoms with Crippen LogP contribution in [-0.4, -0.2) is 39.8 Å². The smallest absolute Gasteiger partial charge is 0.251 e. The summed E-state index contributed by atoms with van der Waals surface area (Å²) < 4.78 is 0. The number of aromatic amines is 1. The second-order valence-electron chi connectivity index (χ2n) is 5.62. The molecule has 3 rings (SSSR count). The lowest BCUT2D eigenvalue weighted by Gasteiger charge is -2.34. The molecule has 0 aliphatic carbocycles. The molecular weight excluding hydrogens is 292 g/mol. The van der Waals surface area contributed by atoms with Gasteiger partial charge in [0.2, 0.25) is 5.91 Å². The summed E-state index contributed by atoms with van der Waals surface area (Å²) in [4.78, 5) is 33.7. The van der Waals surface area contributed by atoms with Gasteiger partial charge < -0.3 is 15.2 Å². The van der Waals surface area contributed by atoms with E-state index in [-0.39, 0.29) is 24.4 Å². The Morgan fingerprint density at radius 2 is 2.09 bits per heavy atom. The van der Waals surface area contributed by atoms with Crippen LogP contribution in [0.5, 0.6) is 0 Å². The largest absolute Gasteiger partial charge is 0.347 e. The van der Waals surface area contributed by atoms with E-state index in [2.05, 4.69) is 15.3 Å². The molecule has 0 spiro atoms. The van der Waals surface area contributed by atoms with Crippen LogP contribution in [0.3, 0.4) is 0 Å². The average molecular weight is 312 g/mol. The number of hydrogen-bond donors (Lipinski definition) is 2. The van der Waals surface area contributed by atoms with Crippen LogP contribution in [-0.2, 0) is 4.79 Å². The molecule has 0 bridgehead atoms. The highest BCUT2D eigenvalue weighted by Crippen LogP contribution is 2.28. The van der Waals surface area contributed by atoms with Crippen LogP contribution in [0.15, 0.2) is 42.7 Å². The minimum absolute atomic E-state index is 0.00490. The number of amides is 2. The summed E-state index contributed by atoms with van der Waals surface area (Å²) in [6.07, 6.45) is 6.42. The van der Waals surface area contributed by atoms with Gasteiger partial charge in [0.05, 0.1) is 12.6 Å². The van der Waals surface area contributed by atoms with Gasteiger partial charge in [-0.05, 0) is 31.4 Å². The third-order valence-corrected chi connectivity index (χ3v) is 4.09. The summed E-state index contributed by atoms with van der Waals surface area (Å²) in [6.45, 7) is 0.705. The molecule has 1 aliphatic heterocycles. The van der Waals surface area contributed by atoms with Gasteiger partial charge in [-0.2, -0.15) is 0 Å². The fourth-order valence-electron chi connectivity index (χ4n) is 2.92. The number of likely N-dealkylation sites (tertiary alicyclic amines) is 1. The Morgan fingerprint density at radius 1 is 1.26 bits per heavy atom. The zero-order valence-electron chi connectivity index (χ0n) is 12.9. The first-order valence-electron chi connectivity index (χ1n) is 7.87. The van der Waals surface area contributed by atoms with E-state index in [0.717, 1.165) is 25.1 Å². The number of H-pyrrole nitrogens is 1. The van der Waals surface area contributed by atoms with Crippen molar-refractivity contribution < 1.29 is 9.59 Å². The predicted octanol–water partition coefficient (Wildman–Crippen LogP) is 1.89. The monoisotopic (exact) mass is 312 g/mol. The number of carbonyl (C=O) groups excluding carboxylic acids is 2. The van der Waals surface area contributed by atoms with Gasteiger partial charge >= 0.3 is 0 Å². The fourth-order valence-corrected chi connectivity index (χ4v) is 2.92. The molecule has 1 saturated heterocycles. The molecule has 1 aromatic heterocycles. The predicted molar refractivity (Wildman–Crippen MR) is 85.7 cm³/mol. The van der Waals surface area contributed by atoms with Crippen LogP contribution >= 0.6 is 0 Å². The number of nitrogens with zero attached hydrogens (tertiary/aromatic N) is 2. The Morgan fingerprint density at radius 3 is 2.83 bits per heavy atom. The van der Waals surface area contributed by atoms with E-state index in [0.29, 0.717) is 12.1 Å². The maximum atomic E-state index is 12.5. The summed E-state index contributed by atoms with van der Waals surface area (Å²) in [5, 5.41) is 2.70. The second kappa shape index (κ2) is 7.09. The Labute approximate surface area is 134 Å². The molecule has 120 valence electrons. The topological polar surface area (TPSA) is 78.1 Å². The molecule has 2 heterocycles. The van der Waals surface area contributed by atoms with E-state index in [9.17, 15) is 9.59 Å². The van der Waals surface area contributed by atoms with Gasteiger partial charge in [0, 0.05) is 24.5 Å². The van der Waals surface area contributed by atoms with Crippen molar-refractivity contribution in [3.8, 4) is 0 Å². The summed E-state index contributed by atoms with van der Waals surface area (Å²) >= 11 is 0. The minimum Gasteiger partial charge on any atom is -0.347 e. The average Bonchev–Trinajstić information content (AvgIpc) is 3.14. The quantitative estimate of drug-likeness (QED) is 0.905. The first kappa shape index (κ1) is 15.3. The summed E-state index contributed by atoms with van der Waals surface area (Å²) in [6, 6.07) is 8.88. The van der Waals surface area contributed by atoms with Crippen molar-refractivity contribution in [1.82, 2.24) is 20.2 Å². The number of aromatic nitrogens is 2. The van der Waals surface area contributed by atoms with Crippen LogP contribution in [0.2, 0.25) is 0 Å². The number of benzene rings is 1. The molecule has 0 saturated carbocycles. The van der Waals surface area contributed by atoms with Crippen molar-refractivity contribution in [2.24, 2.45) is 0 Å². The van der Waals surface area contributed by atoms with Gasteiger partial charge in [-0.15, -0.1) is 0 Å². The van der Waals surface area contributed by atoms with Crippen LogP contribution in [0, 0.1) is 0 Å². The Hall–Kier alpha value is -2.63. The van der Waals surface area contributed by atoms with E-state index in [1.54, 1.807) is 36.7 Å². The number of carbonyl (C=O) groups is 2. The molecule has 1 aliphatic rings. The number of imidazole rings is 1. The zero-order valence-corrected chi connectivity index (χ0v) is 12.9. The summed E-state index contributed by atoms with van der Waals surface area (Å²) in [5.74, 6) is 0.508. The van der Waals surface area contributed by atoms with E-state index in [1.807, 2.05) is 11.0 Å². The Bertz CT molecular complexity index is 654. The van der Waals surface area contributed by atoms with Crippen LogP contribution in [0.4, 0.5) is 0 Å². The number of rotatable bonds is 4. The molecule has 6 heteroatoms. The van der Waals surface area contributed by atoms with Crippen LogP contribution in [0.25, 0.3) is 0 Å². The minimum atomic E-state index is -0.231. The van der Waals surface area contributed by atoms with Crippen LogP contribution < -0.4 is 5.32 Å². The van der Waals surface area contributed by atoms with E-state index in [1.165, 1.54) is 0 Å². The van der Waals surface area contributed by atoms with Crippen molar-refractivity contribution in [1.29, 1.82) is 0 Å². The van der Waals surface area contributed by atoms with E-state index >= 15 is 0 Å². The number of piperidine rings is 1. The van der Waals surface area contributed by atoms with Gasteiger partial charge in [-0.25, -0.2) is 4.98 Å². The van der Waals surface area contributed by atoms with Gasteiger partial charge in [-0.3, -0.25) is 9.59 Å². The van der Waals surface area contributed by atoms with Crippen LogP contribution in [0.1, 0.15) is 41.5 Å². The maximum absolute atomic E-state index is 12.5. The fraction of sp³-hybridized carbons (Fsp3) is 0.353. The first-order chi connectivity index (χ1) is 11.3. The third kappa shape index (κ3) is 3.59. The molecular formula is C17H20N4O2. The highest BCUT2D eigenvalue weighted by Gasteiger charge is 2.29. The van der Waals surface area contributed by atoms with Crippen molar-refractivity contribution in [3.63, 3.8) is 0 Å². The zero-order chi connectivity index (χ0) is 16.1. The van der Waals surface area contributed by atoms with Gasteiger partial charge in [0.25, 0.3) is 5.91 Å². The SMILES string of the molecule is O=C(NCC(=O)N1CCCCC1c1ncc[nH]1)c1ccccc1. The summed E-state index contributed by atoms with van der Waals surface area (Å²) in [7, 11) is 0. The Kier molecular flexibility index (Phi) is 4.71. The lowest BCUT2D eigenvalue weighted by molar-refractivity contribution is -0.134. The second-order valence-corrected chi connectivity index (χ2v) is 5.62. The standard InChI is InChI=1S/C17H20N4O2/c22-15(12-20-17(23)13-6-2-1-3-7-13)21-11-5-4-8-14(21)16-18-9-10-19-16/h1-3,6-7,9-10,14H,4-5,8,11-12H2,(H,18,19)(H,20,23). The molecule has 2 N–H and O–H groups in total. The normalized spacial score (nSPS) is 17.7. The molecule has 6 nitrogen and oxygen atoms in total. The molecule has 1 aromatic carbocycles.